The van der Waals surface area contributed by atoms with E-state index in [0.29, 0.717) is 23.6 Å². The van der Waals surface area contributed by atoms with Crippen LogP contribution in [0.25, 0.3) is 11.0 Å². The van der Waals surface area contributed by atoms with Crippen molar-refractivity contribution in [3.05, 3.63) is 81.2 Å². The van der Waals surface area contributed by atoms with Crippen LogP contribution >= 0.6 is 0 Å². The third-order valence-corrected chi connectivity index (χ3v) is 4.77. The molecule has 4 heteroatoms. The molecule has 0 fully saturated rings. The average molecular weight is 319 g/mol. The number of fused-ring (bicyclic) bond motifs is 2. The Morgan fingerprint density at radius 2 is 1.92 bits per heavy atom. The lowest BCUT2D eigenvalue weighted by molar-refractivity contribution is 0.0946. The number of hydrogen-bond donors (Lipinski definition) is 1. The van der Waals surface area contributed by atoms with E-state index in [1.165, 1.54) is 11.1 Å². The van der Waals surface area contributed by atoms with Gasteiger partial charge in [0, 0.05) is 17.8 Å². The second kappa shape index (κ2) is 5.64. The van der Waals surface area contributed by atoms with Gasteiger partial charge in [-0.15, -0.1) is 0 Å². The highest BCUT2D eigenvalue weighted by atomic mass is 16.4. The lowest BCUT2D eigenvalue weighted by atomic mass is 9.77. The van der Waals surface area contributed by atoms with Gasteiger partial charge < -0.3 is 9.73 Å². The van der Waals surface area contributed by atoms with E-state index in [-0.39, 0.29) is 11.5 Å². The van der Waals surface area contributed by atoms with Crippen molar-refractivity contribution in [1.82, 2.24) is 5.32 Å². The van der Waals surface area contributed by atoms with Crippen LogP contribution in [-0.2, 0) is 6.42 Å². The van der Waals surface area contributed by atoms with Crippen molar-refractivity contribution in [3.63, 3.8) is 0 Å². The fourth-order valence-electron chi connectivity index (χ4n) is 3.42. The molecule has 24 heavy (non-hydrogen) atoms. The van der Waals surface area contributed by atoms with Crippen molar-refractivity contribution in [2.45, 2.75) is 19.3 Å². The maximum absolute atomic E-state index is 12.5. The predicted molar refractivity (Wildman–Crippen MR) is 92.4 cm³/mol. The number of aryl methyl sites for hydroxylation is 1. The van der Waals surface area contributed by atoms with Gasteiger partial charge in [-0.1, -0.05) is 42.5 Å². The van der Waals surface area contributed by atoms with Crippen LogP contribution < -0.4 is 10.9 Å². The van der Waals surface area contributed by atoms with Gasteiger partial charge in [-0.05, 0) is 36.1 Å². The third-order valence-electron chi connectivity index (χ3n) is 4.77. The topological polar surface area (TPSA) is 59.3 Å². The fraction of sp³-hybridized carbons (Fsp3) is 0.200. The van der Waals surface area contributed by atoms with E-state index in [1.807, 2.05) is 24.3 Å². The van der Waals surface area contributed by atoms with Gasteiger partial charge >= 0.3 is 5.63 Å². The van der Waals surface area contributed by atoms with Gasteiger partial charge in [-0.2, -0.15) is 0 Å². The zero-order chi connectivity index (χ0) is 16.7. The highest BCUT2D eigenvalue weighted by Crippen LogP contribution is 2.34. The first-order valence-electron chi connectivity index (χ1n) is 8.03. The number of para-hydroxylation sites is 1. The average Bonchev–Trinajstić information content (AvgIpc) is 2.56. The molecule has 1 amide bonds. The maximum Gasteiger partial charge on any atom is 0.349 e. The van der Waals surface area contributed by atoms with Crippen LogP contribution in [0.1, 0.15) is 33.0 Å². The molecule has 0 unspecified atom stereocenters. The van der Waals surface area contributed by atoms with Crippen LogP contribution in [0.2, 0.25) is 0 Å². The zero-order valence-corrected chi connectivity index (χ0v) is 13.3. The second-order valence-electron chi connectivity index (χ2n) is 6.20. The zero-order valence-electron chi connectivity index (χ0n) is 13.3. The van der Waals surface area contributed by atoms with Gasteiger partial charge in [-0.3, -0.25) is 4.79 Å². The Bertz CT molecular complexity index is 1000. The number of amides is 1. The molecule has 0 radical (unpaired) electrons. The molecule has 4 nitrogen and oxygen atoms in total. The Balaban J connectivity index is 1.57. The van der Waals surface area contributed by atoms with Crippen molar-refractivity contribution in [2.24, 2.45) is 0 Å². The molecular formula is C20H17NO3. The molecule has 0 aliphatic heterocycles. The van der Waals surface area contributed by atoms with Crippen LogP contribution in [0.15, 0.2) is 57.7 Å². The predicted octanol–water partition coefficient (Wildman–Crippen LogP) is 3.17. The Labute approximate surface area is 139 Å². The third kappa shape index (κ3) is 2.31. The molecule has 0 bridgehead atoms. The van der Waals surface area contributed by atoms with Gasteiger partial charge in [0.05, 0.1) is 0 Å². The van der Waals surface area contributed by atoms with Crippen molar-refractivity contribution in [1.29, 1.82) is 0 Å². The second-order valence-corrected chi connectivity index (χ2v) is 6.20. The normalized spacial score (nSPS) is 15.6. The summed E-state index contributed by atoms with van der Waals surface area (Å²) >= 11 is 0. The highest BCUT2D eigenvalue weighted by molar-refractivity contribution is 5.99. The van der Waals surface area contributed by atoms with Crippen LogP contribution in [0.4, 0.5) is 0 Å². The minimum atomic E-state index is -0.585. The molecular weight excluding hydrogens is 302 g/mol. The summed E-state index contributed by atoms with van der Waals surface area (Å²) in [6, 6.07) is 15.5. The molecule has 2 aromatic carbocycles. The van der Waals surface area contributed by atoms with E-state index in [0.717, 1.165) is 11.8 Å². The van der Waals surface area contributed by atoms with Gasteiger partial charge in [0.25, 0.3) is 5.91 Å². The smallest absolute Gasteiger partial charge is 0.349 e. The summed E-state index contributed by atoms with van der Waals surface area (Å²) in [6.45, 7) is 2.31. The number of rotatable bonds is 3. The summed E-state index contributed by atoms with van der Waals surface area (Å²) in [7, 11) is 0. The molecule has 120 valence electrons. The molecule has 1 aromatic heterocycles. The molecule has 1 N–H and O–H groups in total. The SMILES string of the molecule is Cc1c(C(=O)NC[C@H]2Cc3ccccc32)c(=O)oc2ccccc12. The Kier molecular flexibility index (Phi) is 3.45. The van der Waals surface area contributed by atoms with Gasteiger partial charge in [0.1, 0.15) is 11.1 Å². The molecule has 1 heterocycles. The fourth-order valence-corrected chi connectivity index (χ4v) is 3.42. The first-order chi connectivity index (χ1) is 11.6. The quantitative estimate of drug-likeness (QED) is 0.754. The summed E-state index contributed by atoms with van der Waals surface area (Å²) in [5, 5.41) is 3.68. The molecule has 0 saturated carbocycles. The highest BCUT2D eigenvalue weighted by Gasteiger charge is 2.26. The van der Waals surface area contributed by atoms with Crippen LogP contribution in [0.3, 0.4) is 0 Å². The molecule has 0 spiro atoms. The Morgan fingerprint density at radius 3 is 2.75 bits per heavy atom. The van der Waals surface area contributed by atoms with E-state index in [1.54, 1.807) is 19.1 Å². The van der Waals surface area contributed by atoms with Gasteiger partial charge in [0.2, 0.25) is 0 Å². The summed E-state index contributed by atoms with van der Waals surface area (Å²) in [6.07, 6.45) is 0.960. The largest absolute Gasteiger partial charge is 0.422 e. The van der Waals surface area contributed by atoms with E-state index in [2.05, 4.69) is 17.4 Å². The molecule has 3 aromatic rings. The number of benzene rings is 2. The van der Waals surface area contributed by atoms with Gasteiger partial charge in [-0.25, -0.2) is 4.79 Å². The summed E-state index contributed by atoms with van der Waals surface area (Å²) in [4.78, 5) is 24.7. The Morgan fingerprint density at radius 1 is 1.17 bits per heavy atom. The van der Waals surface area contributed by atoms with E-state index in [4.69, 9.17) is 4.42 Å². The van der Waals surface area contributed by atoms with Crippen LogP contribution in [-0.4, -0.2) is 12.5 Å². The lowest BCUT2D eigenvalue weighted by Gasteiger charge is -2.30. The van der Waals surface area contributed by atoms with Gasteiger partial charge in [0.15, 0.2) is 0 Å². The standard InChI is InChI=1S/C20H17NO3/c1-12-15-7-4-5-9-17(15)24-20(23)18(12)19(22)21-11-14-10-13-6-2-3-8-16(13)14/h2-9,14H,10-11H2,1H3,(H,21,22)/t14-/m1/s1. The number of hydrogen-bond acceptors (Lipinski definition) is 3. The molecule has 4 rings (SSSR count). The Hall–Kier alpha value is -2.88. The monoisotopic (exact) mass is 319 g/mol. The summed E-state index contributed by atoms with van der Waals surface area (Å²) in [5.41, 5.74) is 3.29. The van der Waals surface area contributed by atoms with Crippen molar-refractivity contribution in [3.8, 4) is 0 Å². The van der Waals surface area contributed by atoms with Crippen LogP contribution in [0.5, 0.6) is 0 Å². The van der Waals surface area contributed by atoms with E-state index in [9.17, 15) is 9.59 Å². The molecule has 1 aliphatic rings. The minimum Gasteiger partial charge on any atom is -0.422 e. The van der Waals surface area contributed by atoms with Crippen molar-refractivity contribution in [2.75, 3.05) is 6.54 Å². The number of carbonyl (C=O) groups excluding carboxylic acids is 1. The van der Waals surface area contributed by atoms with Crippen molar-refractivity contribution >= 4 is 16.9 Å². The first-order valence-corrected chi connectivity index (χ1v) is 8.03. The van der Waals surface area contributed by atoms with E-state index >= 15 is 0 Å². The number of nitrogens with one attached hydrogen (secondary N) is 1. The van der Waals surface area contributed by atoms with Crippen molar-refractivity contribution < 1.29 is 9.21 Å². The lowest BCUT2D eigenvalue weighted by Crippen LogP contribution is -2.35. The molecule has 1 aliphatic carbocycles. The molecule has 0 saturated heterocycles. The van der Waals surface area contributed by atoms with E-state index < -0.39 is 5.63 Å². The minimum absolute atomic E-state index is 0.0984. The molecule has 1 atom stereocenters. The summed E-state index contributed by atoms with van der Waals surface area (Å²) in [5.74, 6) is -0.0469. The number of carbonyl (C=O) groups is 1. The summed E-state index contributed by atoms with van der Waals surface area (Å²) < 4.78 is 5.28. The first kappa shape index (κ1) is 14.7. The maximum atomic E-state index is 12.5. The van der Waals surface area contributed by atoms with Crippen LogP contribution in [0, 0.1) is 6.92 Å².